The normalized spacial score (nSPS) is 18.6. The van der Waals surface area contributed by atoms with Gasteiger partial charge in [-0.05, 0) is 24.4 Å². The molecule has 0 amide bonds. The summed E-state index contributed by atoms with van der Waals surface area (Å²) >= 11 is 5.67. The van der Waals surface area contributed by atoms with Crippen molar-refractivity contribution in [3.63, 3.8) is 0 Å². The lowest BCUT2D eigenvalue weighted by molar-refractivity contribution is 0.0614. The number of nitrogens with two attached hydrogens (primary N) is 1. The van der Waals surface area contributed by atoms with Gasteiger partial charge in [-0.2, -0.15) is 4.98 Å². The second kappa shape index (κ2) is 4.43. The summed E-state index contributed by atoms with van der Waals surface area (Å²) in [6, 6.07) is 0. The quantitative estimate of drug-likeness (QED) is 0.699. The summed E-state index contributed by atoms with van der Waals surface area (Å²) in [7, 11) is 0. The Hall–Kier alpha value is -1.07. The van der Waals surface area contributed by atoms with Crippen LogP contribution in [0.2, 0.25) is 5.28 Å². The van der Waals surface area contributed by atoms with E-state index in [1.165, 1.54) is 6.20 Å². The molecule has 5 nitrogen and oxygen atoms in total. The van der Waals surface area contributed by atoms with Crippen molar-refractivity contribution >= 4 is 23.1 Å². The van der Waals surface area contributed by atoms with Crippen LogP contribution in [0.5, 0.6) is 0 Å². The zero-order valence-electron chi connectivity index (χ0n) is 8.91. The van der Waals surface area contributed by atoms with Gasteiger partial charge in [0.2, 0.25) is 5.28 Å². The largest absolute Gasteiger partial charge is 0.394 e. The first-order valence-corrected chi connectivity index (χ1v) is 5.71. The van der Waals surface area contributed by atoms with Crippen LogP contribution in [0.4, 0.5) is 11.5 Å². The molecule has 0 radical (unpaired) electrons. The lowest BCUT2D eigenvalue weighted by Gasteiger charge is -2.22. The van der Waals surface area contributed by atoms with Crippen molar-refractivity contribution < 1.29 is 5.11 Å². The summed E-state index contributed by atoms with van der Waals surface area (Å²) in [6.45, 7) is 0.449. The Bertz CT molecular complexity index is 379. The number of hydrogen-bond donors (Lipinski definition) is 3. The third-order valence-corrected chi connectivity index (χ3v) is 3.09. The number of nitrogen functional groups attached to an aromatic ring is 1. The highest BCUT2D eigenvalue weighted by Gasteiger charge is 2.30. The molecule has 6 heteroatoms. The van der Waals surface area contributed by atoms with Crippen LogP contribution in [0.25, 0.3) is 0 Å². The smallest absolute Gasteiger partial charge is 0.224 e. The molecule has 16 heavy (non-hydrogen) atoms. The van der Waals surface area contributed by atoms with Crippen molar-refractivity contribution in [1.29, 1.82) is 0 Å². The van der Waals surface area contributed by atoms with Gasteiger partial charge >= 0.3 is 0 Å². The second-order valence-electron chi connectivity index (χ2n) is 4.23. The summed E-state index contributed by atoms with van der Waals surface area (Å²) in [6.07, 6.45) is 5.23. The summed E-state index contributed by atoms with van der Waals surface area (Å²) in [5.41, 5.74) is 5.49. The van der Waals surface area contributed by atoms with Crippen LogP contribution in [0, 0.1) is 0 Å². The topological polar surface area (TPSA) is 84.1 Å². The highest BCUT2D eigenvalue weighted by molar-refractivity contribution is 6.28. The number of nitrogens with zero attached hydrogens (tertiary/aromatic N) is 2. The van der Waals surface area contributed by atoms with Gasteiger partial charge in [-0.1, -0.05) is 12.8 Å². The Kier molecular flexibility index (Phi) is 3.16. The molecule has 0 saturated heterocycles. The molecule has 1 heterocycles. The molecule has 4 N–H and O–H groups in total. The van der Waals surface area contributed by atoms with Gasteiger partial charge in [0.25, 0.3) is 0 Å². The highest BCUT2D eigenvalue weighted by Crippen LogP contribution is 2.30. The zero-order chi connectivity index (χ0) is 11.6. The number of aromatic nitrogens is 2. The van der Waals surface area contributed by atoms with E-state index in [1.807, 2.05) is 0 Å². The Morgan fingerprint density at radius 1 is 1.50 bits per heavy atom. The monoisotopic (exact) mass is 242 g/mol. The minimum absolute atomic E-state index is 0.148. The molecule has 0 spiro atoms. The minimum Gasteiger partial charge on any atom is -0.394 e. The fraction of sp³-hybridized carbons (Fsp3) is 0.600. The predicted octanol–water partition coefficient (Wildman–Crippen LogP) is 1.43. The molecular weight excluding hydrogens is 228 g/mol. The van der Waals surface area contributed by atoms with Crippen LogP contribution in [0.3, 0.4) is 0 Å². The maximum atomic E-state index is 10.1. The average molecular weight is 243 g/mol. The summed E-state index contributed by atoms with van der Waals surface area (Å²) in [4.78, 5) is 7.74. The van der Waals surface area contributed by atoms with E-state index < -0.39 is 5.60 Å². The fourth-order valence-corrected chi connectivity index (χ4v) is 2.10. The maximum Gasteiger partial charge on any atom is 0.224 e. The number of hydrogen-bond acceptors (Lipinski definition) is 5. The summed E-state index contributed by atoms with van der Waals surface area (Å²) in [5.74, 6) is 0.486. The first kappa shape index (κ1) is 11.4. The van der Waals surface area contributed by atoms with Crippen LogP contribution in [0.15, 0.2) is 6.20 Å². The van der Waals surface area contributed by atoms with Crippen LogP contribution in [0.1, 0.15) is 25.7 Å². The van der Waals surface area contributed by atoms with E-state index >= 15 is 0 Å². The molecule has 0 atom stereocenters. The molecule has 0 bridgehead atoms. The summed E-state index contributed by atoms with van der Waals surface area (Å²) in [5, 5.41) is 13.3. The minimum atomic E-state index is -0.635. The van der Waals surface area contributed by atoms with Crippen LogP contribution >= 0.6 is 11.6 Å². The van der Waals surface area contributed by atoms with Gasteiger partial charge in [-0.25, -0.2) is 4.98 Å². The van der Waals surface area contributed by atoms with Crippen LogP contribution < -0.4 is 11.1 Å². The van der Waals surface area contributed by atoms with Gasteiger partial charge in [0.1, 0.15) is 0 Å². The van der Waals surface area contributed by atoms with Crippen molar-refractivity contribution in [1.82, 2.24) is 9.97 Å². The van der Waals surface area contributed by atoms with Crippen molar-refractivity contribution in [3.05, 3.63) is 11.5 Å². The molecule has 2 rings (SSSR count). The van der Waals surface area contributed by atoms with E-state index in [-0.39, 0.29) is 5.28 Å². The van der Waals surface area contributed by atoms with E-state index in [1.54, 1.807) is 0 Å². The summed E-state index contributed by atoms with van der Waals surface area (Å²) < 4.78 is 0. The lowest BCUT2D eigenvalue weighted by Crippen LogP contribution is -2.33. The molecular formula is C10H15ClN4O. The van der Waals surface area contributed by atoms with E-state index in [2.05, 4.69) is 15.3 Å². The van der Waals surface area contributed by atoms with Gasteiger partial charge in [-0.15, -0.1) is 0 Å². The van der Waals surface area contributed by atoms with Crippen molar-refractivity contribution in [2.45, 2.75) is 31.3 Å². The Balaban J connectivity index is 2.01. The van der Waals surface area contributed by atoms with E-state index in [0.29, 0.717) is 18.1 Å². The molecule has 1 aliphatic carbocycles. The highest BCUT2D eigenvalue weighted by atomic mass is 35.5. The first-order chi connectivity index (χ1) is 7.59. The molecule has 0 aliphatic heterocycles. The SMILES string of the molecule is Nc1cnc(Cl)nc1NCC1(O)CCCC1. The Labute approximate surface area is 99.0 Å². The molecule has 1 fully saturated rings. The molecule has 0 aromatic carbocycles. The number of halogens is 1. The third-order valence-electron chi connectivity index (χ3n) is 2.91. The average Bonchev–Trinajstić information content (AvgIpc) is 2.67. The van der Waals surface area contributed by atoms with E-state index in [4.69, 9.17) is 17.3 Å². The van der Waals surface area contributed by atoms with E-state index in [9.17, 15) is 5.11 Å². The van der Waals surface area contributed by atoms with Gasteiger partial charge < -0.3 is 16.2 Å². The van der Waals surface area contributed by atoms with E-state index in [0.717, 1.165) is 25.7 Å². The van der Waals surface area contributed by atoms with Crippen molar-refractivity contribution in [3.8, 4) is 0 Å². The number of rotatable bonds is 3. The van der Waals surface area contributed by atoms with Crippen molar-refractivity contribution in [2.75, 3.05) is 17.6 Å². The molecule has 1 aromatic rings. The molecule has 1 aliphatic rings. The fourth-order valence-electron chi connectivity index (χ4n) is 1.97. The second-order valence-corrected chi connectivity index (χ2v) is 4.57. The molecule has 1 saturated carbocycles. The predicted molar refractivity (Wildman–Crippen MR) is 63.4 cm³/mol. The van der Waals surface area contributed by atoms with Gasteiger partial charge in [0.05, 0.1) is 17.5 Å². The van der Waals surface area contributed by atoms with Crippen LogP contribution in [-0.2, 0) is 0 Å². The maximum absolute atomic E-state index is 10.1. The van der Waals surface area contributed by atoms with Crippen LogP contribution in [-0.4, -0.2) is 27.2 Å². The number of nitrogens with one attached hydrogen (secondary N) is 1. The third kappa shape index (κ3) is 2.54. The molecule has 1 aromatic heterocycles. The zero-order valence-corrected chi connectivity index (χ0v) is 9.67. The first-order valence-electron chi connectivity index (χ1n) is 5.33. The van der Waals surface area contributed by atoms with Gasteiger partial charge in [0.15, 0.2) is 5.82 Å². The molecule has 0 unspecified atom stereocenters. The van der Waals surface area contributed by atoms with Crippen molar-refractivity contribution in [2.24, 2.45) is 0 Å². The number of aliphatic hydroxyl groups is 1. The van der Waals surface area contributed by atoms with Gasteiger partial charge in [-0.3, -0.25) is 0 Å². The Morgan fingerprint density at radius 3 is 2.88 bits per heavy atom. The van der Waals surface area contributed by atoms with Gasteiger partial charge in [0, 0.05) is 6.54 Å². The lowest BCUT2D eigenvalue weighted by atomic mass is 10.0. The molecule has 88 valence electrons. The Morgan fingerprint density at radius 2 is 2.19 bits per heavy atom. The standard InChI is InChI=1S/C10H15ClN4O/c11-9-13-5-7(12)8(15-9)14-6-10(16)3-1-2-4-10/h5,16H,1-4,6,12H2,(H,13,14,15). The number of anilines is 2.